The van der Waals surface area contributed by atoms with Crippen molar-refractivity contribution in [2.75, 3.05) is 13.1 Å². The Bertz CT molecular complexity index is 785. The number of nitrogens with zero attached hydrogens (tertiary/aromatic N) is 2. The first-order valence-electron chi connectivity index (χ1n) is 9.71. The molecule has 1 atom stereocenters. The fourth-order valence-electron chi connectivity index (χ4n) is 3.69. The summed E-state index contributed by atoms with van der Waals surface area (Å²) in [7, 11) is 0. The van der Waals surface area contributed by atoms with Crippen LogP contribution in [0.3, 0.4) is 0 Å². The SMILES string of the molecule is CCc1noc(C)c1C(=O)N1CCCC[C@H]1CCNC(=O)c1ccccc1. The molecule has 1 fully saturated rings. The summed E-state index contributed by atoms with van der Waals surface area (Å²) < 4.78 is 5.24. The van der Waals surface area contributed by atoms with Crippen LogP contribution >= 0.6 is 0 Å². The minimum Gasteiger partial charge on any atom is -0.361 e. The summed E-state index contributed by atoms with van der Waals surface area (Å²) >= 11 is 0. The normalized spacial score (nSPS) is 17.0. The molecule has 2 aromatic rings. The molecule has 1 aromatic heterocycles. The van der Waals surface area contributed by atoms with Crippen molar-refractivity contribution < 1.29 is 14.1 Å². The number of carbonyl (C=O) groups is 2. The van der Waals surface area contributed by atoms with Gasteiger partial charge in [0.15, 0.2) is 0 Å². The van der Waals surface area contributed by atoms with Gasteiger partial charge >= 0.3 is 0 Å². The van der Waals surface area contributed by atoms with E-state index in [2.05, 4.69) is 10.5 Å². The van der Waals surface area contributed by atoms with Gasteiger partial charge in [0.1, 0.15) is 11.3 Å². The quantitative estimate of drug-likeness (QED) is 0.847. The highest BCUT2D eigenvalue weighted by Gasteiger charge is 2.31. The van der Waals surface area contributed by atoms with Crippen molar-refractivity contribution in [3.63, 3.8) is 0 Å². The molecular formula is C21H27N3O3. The van der Waals surface area contributed by atoms with E-state index in [0.717, 1.165) is 37.9 Å². The van der Waals surface area contributed by atoms with Crippen LogP contribution in [0.15, 0.2) is 34.9 Å². The predicted molar refractivity (Wildman–Crippen MR) is 103 cm³/mol. The van der Waals surface area contributed by atoms with Crippen LogP contribution in [0.5, 0.6) is 0 Å². The van der Waals surface area contributed by atoms with E-state index >= 15 is 0 Å². The third-order valence-corrected chi connectivity index (χ3v) is 5.17. The summed E-state index contributed by atoms with van der Waals surface area (Å²) in [4.78, 5) is 27.3. The highest BCUT2D eigenvalue weighted by Crippen LogP contribution is 2.24. The highest BCUT2D eigenvalue weighted by molar-refractivity contribution is 5.96. The van der Waals surface area contributed by atoms with Gasteiger partial charge in [0.25, 0.3) is 11.8 Å². The molecule has 3 rings (SSSR count). The van der Waals surface area contributed by atoms with Gasteiger partial charge in [-0.05, 0) is 51.2 Å². The lowest BCUT2D eigenvalue weighted by molar-refractivity contribution is 0.0599. The molecule has 1 saturated heterocycles. The van der Waals surface area contributed by atoms with E-state index in [9.17, 15) is 9.59 Å². The van der Waals surface area contributed by atoms with E-state index in [-0.39, 0.29) is 17.9 Å². The molecule has 0 unspecified atom stereocenters. The number of carbonyl (C=O) groups excluding carboxylic acids is 2. The molecule has 2 amide bonds. The molecule has 0 aliphatic carbocycles. The largest absolute Gasteiger partial charge is 0.361 e. The summed E-state index contributed by atoms with van der Waals surface area (Å²) in [6.45, 7) is 5.05. The minimum atomic E-state index is -0.0764. The smallest absolute Gasteiger partial charge is 0.259 e. The summed E-state index contributed by atoms with van der Waals surface area (Å²) in [5.41, 5.74) is 1.98. The maximum absolute atomic E-state index is 13.1. The molecule has 27 heavy (non-hydrogen) atoms. The lowest BCUT2D eigenvalue weighted by Crippen LogP contribution is -2.45. The van der Waals surface area contributed by atoms with E-state index in [1.807, 2.05) is 30.0 Å². The number of hydrogen-bond acceptors (Lipinski definition) is 4. The van der Waals surface area contributed by atoms with Crippen LogP contribution in [0, 0.1) is 6.92 Å². The molecule has 0 saturated carbocycles. The molecule has 0 bridgehead atoms. The number of rotatable bonds is 6. The minimum absolute atomic E-state index is 0.00434. The summed E-state index contributed by atoms with van der Waals surface area (Å²) in [6.07, 6.45) is 4.48. The van der Waals surface area contributed by atoms with E-state index in [4.69, 9.17) is 4.52 Å². The first-order chi connectivity index (χ1) is 13.1. The monoisotopic (exact) mass is 369 g/mol. The van der Waals surface area contributed by atoms with Crippen LogP contribution in [-0.4, -0.2) is 41.0 Å². The first kappa shape index (κ1) is 19.1. The first-order valence-corrected chi connectivity index (χ1v) is 9.71. The second kappa shape index (κ2) is 8.84. The standard InChI is InChI=1S/C21H27N3O3/c1-3-18-19(15(2)27-23-18)21(26)24-14-8-7-11-17(24)12-13-22-20(25)16-9-5-4-6-10-16/h4-6,9-10,17H,3,7-8,11-14H2,1-2H3,(H,22,25)/t17-/m0/s1. The number of nitrogens with one attached hydrogen (secondary N) is 1. The van der Waals surface area contributed by atoms with E-state index < -0.39 is 0 Å². The highest BCUT2D eigenvalue weighted by atomic mass is 16.5. The Morgan fingerprint density at radius 2 is 2.04 bits per heavy atom. The Balaban J connectivity index is 1.62. The average Bonchev–Trinajstić information content (AvgIpc) is 3.09. The van der Waals surface area contributed by atoms with Gasteiger partial charge < -0.3 is 14.7 Å². The molecule has 1 aliphatic rings. The van der Waals surface area contributed by atoms with Crippen molar-refractivity contribution in [3.8, 4) is 0 Å². The second-order valence-corrected chi connectivity index (χ2v) is 6.97. The Morgan fingerprint density at radius 1 is 1.26 bits per heavy atom. The molecule has 0 radical (unpaired) electrons. The Labute approximate surface area is 159 Å². The number of hydrogen-bond donors (Lipinski definition) is 1. The maximum atomic E-state index is 13.1. The van der Waals surface area contributed by atoms with Gasteiger partial charge in [0.2, 0.25) is 0 Å². The molecule has 2 heterocycles. The van der Waals surface area contributed by atoms with E-state index in [1.165, 1.54) is 0 Å². The molecule has 6 heteroatoms. The van der Waals surface area contributed by atoms with Crippen molar-refractivity contribution in [2.45, 2.75) is 52.0 Å². The number of likely N-dealkylation sites (tertiary alicyclic amines) is 1. The second-order valence-electron chi connectivity index (χ2n) is 6.97. The Morgan fingerprint density at radius 3 is 2.78 bits per heavy atom. The van der Waals surface area contributed by atoms with Gasteiger partial charge in [-0.1, -0.05) is 30.3 Å². The Hall–Kier alpha value is -2.63. The number of benzene rings is 1. The predicted octanol–water partition coefficient (Wildman–Crippen LogP) is 3.36. The van der Waals surface area contributed by atoms with Gasteiger partial charge in [-0.3, -0.25) is 9.59 Å². The van der Waals surface area contributed by atoms with Crippen LogP contribution in [0.1, 0.15) is 64.8 Å². The van der Waals surface area contributed by atoms with Crippen molar-refractivity contribution >= 4 is 11.8 Å². The third-order valence-electron chi connectivity index (χ3n) is 5.17. The van der Waals surface area contributed by atoms with E-state index in [0.29, 0.717) is 29.9 Å². The number of aryl methyl sites for hydroxylation is 2. The molecule has 1 N–H and O–H groups in total. The van der Waals surface area contributed by atoms with Gasteiger partial charge in [-0.15, -0.1) is 0 Å². The number of aromatic nitrogens is 1. The van der Waals surface area contributed by atoms with Crippen molar-refractivity contribution in [1.82, 2.24) is 15.4 Å². The zero-order valence-corrected chi connectivity index (χ0v) is 16.0. The van der Waals surface area contributed by atoms with Crippen molar-refractivity contribution in [2.24, 2.45) is 0 Å². The fraction of sp³-hybridized carbons (Fsp3) is 0.476. The Kier molecular flexibility index (Phi) is 6.27. The molecule has 0 spiro atoms. The van der Waals surface area contributed by atoms with Gasteiger partial charge in [0.05, 0.1) is 5.69 Å². The molecule has 144 valence electrons. The summed E-state index contributed by atoms with van der Waals surface area (Å²) in [5, 5.41) is 6.98. The van der Waals surface area contributed by atoms with Crippen LogP contribution < -0.4 is 5.32 Å². The average molecular weight is 369 g/mol. The van der Waals surface area contributed by atoms with Gasteiger partial charge in [-0.2, -0.15) is 0 Å². The van der Waals surface area contributed by atoms with Crippen molar-refractivity contribution in [1.29, 1.82) is 0 Å². The number of amides is 2. The van der Waals surface area contributed by atoms with Crippen LogP contribution in [0.2, 0.25) is 0 Å². The zero-order chi connectivity index (χ0) is 19.2. The molecule has 6 nitrogen and oxygen atoms in total. The van der Waals surface area contributed by atoms with Gasteiger partial charge in [-0.25, -0.2) is 0 Å². The van der Waals surface area contributed by atoms with Crippen LogP contribution in [-0.2, 0) is 6.42 Å². The molecular weight excluding hydrogens is 342 g/mol. The fourth-order valence-corrected chi connectivity index (χ4v) is 3.69. The number of piperidine rings is 1. The lowest BCUT2D eigenvalue weighted by atomic mass is 9.97. The third kappa shape index (κ3) is 4.38. The van der Waals surface area contributed by atoms with Crippen LogP contribution in [0.4, 0.5) is 0 Å². The summed E-state index contributed by atoms with van der Waals surface area (Å²) in [5.74, 6) is 0.510. The van der Waals surface area contributed by atoms with Gasteiger partial charge in [0, 0.05) is 24.7 Å². The lowest BCUT2D eigenvalue weighted by Gasteiger charge is -2.36. The summed E-state index contributed by atoms with van der Waals surface area (Å²) in [6, 6.07) is 9.31. The molecule has 1 aromatic carbocycles. The molecule has 1 aliphatic heterocycles. The van der Waals surface area contributed by atoms with E-state index in [1.54, 1.807) is 19.1 Å². The van der Waals surface area contributed by atoms with Crippen LogP contribution in [0.25, 0.3) is 0 Å². The maximum Gasteiger partial charge on any atom is 0.259 e. The van der Waals surface area contributed by atoms with Crippen molar-refractivity contribution in [3.05, 3.63) is 52.9 Å². The topological polar surface area (TPSA) is 75.4 Å². The zero-order valence-electron chi connectivity index (χ0n) is 16.0.